The zero-order valence-corrected chi connectivity index (χ0v) is 27.6. The number of halogens is 2. The van der Waals surface area contributed by atoms with Crippen LogP contribution in [0.2, 0.25) is 0 Å². The van der Waals surface area contributed by atoms with E-state index in [2.05, 4.69) is 31.7 Å². The van der Waals surface area contributed by atoms with E-state index in [-0.39, 0.29) is 57.4 Å². The number of ether oxygens (including phenoxy) is 1. The number of hydrogen-bond donors (Lipinski definition) is 2. The SMILES string of the molecule is C#CC(C)(C)CNC1CCN(C(=O)Cn2cc(NC(=O)c3cnn4cccnc34)c(-c3cc(SC(C)C)ccc3OC(F)F)n2)CC1. The van der Waals surface area contributed by atoms with Gasteiger partial charge in [0, 0.05) is 65.4 Å². The Morgan fingerprint density at radius 3 is 2.70 bits per heavy atom. The van der Waals surface area contributed by atoms with Crippen LogP contribution in [-0.4, -0.2) is 78.6 Å². The number of thioether (sulfide) groups is 1. The van der Waals surface area contributed by atoms with E-state index < -0.39 is 12.5 Å². The number of aromatic nitrogens is 5. The Bertz CT molecular complexity index is 1770. The number of carbonyl (C=O) groups excluding carboxylic acids is 2. The number of carbonyl (C=O) groups is 2. The van der Waals surface area contributed by atoms with Gasteiger partial charge in [0.1, 0.15) is 23.6 Å². The standard InChI is InChI=1S/C33H38F2N8O3S/c1-6-33(4,5)20-37-22-10-14-41(15-11-22)28(44)19-42-18-26(39-31(45)25-17-38-43-13-7-12-36-30(25)43)29(40-42)24-16-23(47-21(2)3)8-9-27(24)46-32(34)35/h1,7-9,12-13,16-18,21-22,32,37H,10-11,14-15,19-20H2,2-5H3,(H,39,45). The Kier molecular flexibility index (Phi) is 10.5. The maximum Gasteiger partial charge on any atom is 0.387 e. The molecule has 1 saturated heterocycles. The number of anilines is 1. The van der Waals surface area contributed by atoms with Crippen molar-refractivity contribution in [2.45, 2.75) is 69.9 Å². The van der Waals surface area contributed by atoms with Crippen molar-refractivity contribution < 1.29 is 23.1 Å². The molecular weight excluding hydrogens is 626 g/mol. The van der Waals surface area contributed by atoms with Gasteiger partial charge in [-0.2, -0.15) is 19.0 Å². The number of rotatable bonds is 12. The third-order valence-corrected chi connectivity index (χ3v) is 8.69. The van der Waals surface area contributed by atoms with Gasteiger partial charge in [0.25, 0.3) is 5.91 Å². The van der Waals surface area contributed by atoms with Crippen molar-refractivity contribution in [3.8, 4) is 29.4 Å². The van der Waals surface area contributed by atoms with Crippen molar-refractivity contribution in [1.82, 2.24) is 34.6 Å². The third kappa shape index (κ3) is 8.47. The highest BCUT2D eigenvalue weighted by Crippen LogP contribution is 2.39. The fraction of sp³-hybridized carbons (Fsp3) is 0.424. The van der Waals surface area contributed by atoms with Gasteiger partial charge in [-0.1, -0.05) is 19.8 Å². The molecule has 2 amide bonds. The van der Waals surface area contributed by atoms with Gasteiger partial charge in [0.2, 0.25) is 5.91 Å². The maximum atomic E-state index is 13.5. The second-order valence-corrected chi connectivity index (χ2v) is 13.9. The largest absolute Gasteiger partial charge is 0.434 e. The molecule has 0 radical (unpaired) electrons. The van der Waals surface area contributed by atoms with Gasteiger partial charge in [-0.05, 0) is 51.0 Å². The first kappa shape index (κ1) is 33.9. The van der Waals surface area contributed by atoms with E-state index in [9.17, 15) is 18.4 Å². The summed E-state index contributed by atoms with van der Waals surface area (Å²) in [4.78, 5) is 33.8. The normalized spacial score (nSPS) is 14.1. The molecule has 5 rings (SSSR count). The number of amides is 2. The van der Waals surface area contributed by atoms with Crippen LogP contribution in [0.25, 0.3) is 16.9 Å². The number of nitrogens with one attached hydrogen (secondary N) is 2. The number of benzene rings is 1. The molecule has 0 spiro atoms. The molecule has 1 aromatic carbocycles. The summed E-state index contributed by atoms with van der Waals surface area (Å²) in [5.74, 6) is 1.99. The van der Waals surface area contributed by atoms with Crippen molar-refractivity contribution in [2.24, 2.45) is 5.41 Å². The van der Waals surface area contributed by atoms with E-state index in [0.717, 1.165) is 17.7 Å². The zero-order valence-electron chi connectivity index (χ0n) is 26.7. The first-order valence-electron chi connectivity index (χ1n) is 15.3. The molecule has 1 aliphatic heterocycles. The monoisotopic (exact) mass is 664 g/mol. The fourth-order valence-electron chi connectivity index (χ4n) is 5.23. The second-order valence-electron chi connectivity index (χ2n) is 12.3. The Labute approximate surface area is 276 Å². The molecular formula is C33H38F2N8O3S. The second kappa shape index (κ2) is 14.5. The smallest absolute Gasteiger partial charge is 0.387 e. The topological polar surface area (TPSA) is 119 Å². The predicted molar refractivity (Wildman–Crippen MR) is 176 cm³/mol. The molecule has 0 bridgehead atoms. The summed E-state index contributed by atoms with van der Waals surface area (Å²) in [6.45, 7) is 6.65. The maximum absolute atomic E-state index is 13.5. The van der Waals surface area contributed by atoms with Gasteiger partial charge in [-0.15, -0.1) is 18.2 Å². The lowest BCUT2D eigenvalue weighted by molar-refractivity contribution is -0.133. The van der Waals surface area contributed by atoms with E-state index in [1.807, 2.05) is 27.7 Å². The molecule has 2 N–H and O–H groups in total. The predicted octanol–water partition coefficient (Wildman–Crippen LogP) is 5.19. The van der Waals surface area contributed by atoms with E-state index in [0.29, 0.717) is 25.3 Å². The molecule has 0 atom stereocenters. The average Bonchev–Trinajstić information content (AvgIpc) is 3.64. The number of alkyl halides is 2. The van der Waals surface area contributed by atoms with Gasteiger partial charge >= 0.3 is 6.61 Å². The van der Waals surface area contributed by atoms with Gasteiger partial charge in [-0.25, -0.2) is 9.50 Å². The van der Waals surface area contributed by atoms with Gasteiger partial charge in [-0.3, -0.25) is 14.3 Å². The molecule has 248 valence electrons. The number of fused-ring (bicyclic) bond motifs is 1. The van der Waals surface area contributed by atoms with Crippen molar-refractivity contribution >= 4 is 34.9 Å². The highest BCUT2D eigenvalue weighted by Gasteiger charge is 2.27. The number of nitrogens with zero attached hydrogens (tertiary/aromatic N) is 6. The first-order valence-corrected chi connectivity index (χ1v) is 16.2. The number of likely N-dealkylation sites (tertiary alicyclic amines) is 1. The number of terminal acetylenes is 1. The quantitative estimate of drug-likeness (QED) is 0.157. The van der Waals surface area contributed by atoms with Gasteiger partial charge in [0.05, 0.1) is 11.9 Å². The minimum absolute atomic E-state index is 0.111. The number of piperidine rings is 1. The molecule has 3 aromatic heterocycles. The van der Waals surface area contributed by atoms with Crippen LogP contribution >= 0.6 is 11.8 Å². The van der Waals surface area contributed by atoms with Crippen LogP contribution in [0.5, 0.6) is 5.75 Å². The lowest BCUT2D eigenvalue weighted by Gasteiger charge is -2.33. The minimum atomic E-state index is -3.08. The molecule has 11 nitrogen and oxygen atoms in total. The van der Waals surface area contributed by atoms with Crippen molar-refractivity contribution in [3.05, 3.63) is 54.6 Å². The van der Waals surface area contributed by atoms with E-state index >= 15 is 0 Å². The Balaban J connectivity index is 1.42. The van der Waals surface area contributed by atoms with Gasteiger partial charge in [0.15, 0.2) is 5.65 Å². The minimum Gasteiger partial charge on any atom is -0.434 e. The highest BCUT2D eigenvalue weighted by molar-refractivity contribution is 7.99. The van der Waals surface area contributed by atoms with Crippen LogP contribution in [0.4, 0.5) is 14.5 Å². The molecule has 1 fully saturated rings. The molecule has 4 heterocycles. The Morgan fingerprint density at radius 2 is 2.00 bits per heavy atom. The average molecular weight is 665 g/mol. The third-order valence-electron chi connectivity index (χ3n) is 7.70. The number of hydrogen-bond acceptors (Lipinski definition) is 8. The molecule has 1 aliphatic rings. The molecule has 4 aromatic rings. The van der Waals surface area contributed by atoms with Crippen molar-refractivity contribution in [3.63, 3.8) is 0 Å². The van der Waals surface area contributed by atoms with Crippen molar-refractivity contribution in [1.29, 1.82) is 0 Å². The summed E-state index contributed by atoms with van der Waals surface area (Å²) in [5.41, 5.74) is 0.923. The highest BCUT2D eigenvalue weighted by atomic mass is 32.2. The fourth-order valence-corrected chi connectivity index (χ4v) is 6.11. The Morgan fingerprint density at radius 1 is 1.23 bits per heavy atom. The molecule has 47 heavy (non-hydrogen) atoms. The van der Waals surface area contributed by atoms with Crippen LogP contribution in [0.1, 0.15) is 50.9 Å². The molecule has 14 heteroatoms. The molecule has 0 saturated carbocycles. The zero-order chi connectivity index (χ0) is 33.7. The lowest BCUT2D eigenvalue weighted by atomic mass is 9.93. The summed E-state index contributed by atoms with van der Waals surface area (Å²) in [7, 11) is 0. The van der Waals surface area contributed by atoms with E-state index in [4.69, 9.17) is 11.2 Å². The Hall–Kier alpha value is -4.48. The van der Waals surface area contributed by atoms with Crippen LogP contribution in [0, 0.1) is 17.8 Å². The molecule has 0 unspecified atom stereocenters. The molecule has 0 aliphatic carbocycles. The first-order chi connectivity index (χ1) is 22.4. The van der Waals surface area contributed by atoms with Crippen LogP contribution < -0.4 is 15.4 Å². The summed E-state index contributed by atoms with van der Waals surface area (Å²) < 4.78 is 34.8. The summed E-state index contributed by atoms with van der Waals surface area (Å²) in [6, 6.07) is 6.79. The summed E-state index contributed by atoms with van der Waals surface area (Å²) >= 11 is 1.54. The lowest BCUT2D eigenvalue weighted by Crippen LogP contribution is -2.47. The van der Waals surface area contributed by atoms with E-state index in [1.165, 1.54) is 39.4 Å². The van der Waals surface area contributed by atoms with Gasteiger partial charge < -0.3 is 20.3 Å². The van der Waals surface area contributed by atoms with Crippen LogP contribution in [0.3, 0.4) is 0 Å². The summed E-state index contributed by atoms with van der Waals surface area (Å²) in [5, 5.41) is 15.4. The van der Waals surface area contributed by atoms with E-state index in [1.54, 1.807) is 35.5 Å². The van der Waals surface area contributed by atoms with Crippen LogP contribution in [0.15, 0.2) is 53.9 Å². The van der Waals surface area contributed by atoms with Crippen molar-refractivity contribution in [2.75, 3.05) is 25.0 Å². The summed E-state index contributed by atoms with van der Waals surface area (Å²) in [6.07, 6.45) is 13.3. The van der Waals surface area contributed by atoms with Crippen LogP contribution in [-0.2, 0) is 11.3 Å².